The van der Waals surface area contributed by atoms with Crippen LogP contribution in [0.1, 0.15) is 56.1 Å². The number of nitrogens with zero attached hydrogens (tertiary/aromatic N) is 6. The largest absolute Gasteiger partial charge is 0.480 e. The van der Waals surface area contributed by atoms with Crippen LogP contribution in [-0.2, 0) is 4.74 Å². The van der Waals surface area contributed by atoms with Crippen LogP contribution >= 0.6 is 0 Å². The Balaban J connectivity index is 1.32. The lowest BCUT2D eigenvalue weighted by atomic mass is 9.92. The fraction of sp³-hybridized carbons (Fsp3) is 0.576. The molecule has 0 amide bonds. The molecule has 13 heteroatoms. The Morgan fingerprint density at radius 1 is 1.22 bits per heavy atom. The zero-order valence-corrected chi connectivity index (χ0v) is 26.4. The number of hydrogen-bond donors (Lipinski definition) is 2. The normalized spacial score (nSPS) is 27.0. The van der Waals surface area contributed by atoms with Crippen LogP contribution in [0.3, 0.4) is 0 Å². The van der Waals surface area contributed by atoms with Crippen LogP contribution in [0.5, 0.6) is 11.9 Å². The molecule has 1 aromatic carbocycles. The SMILES string of the molecule is COc1nc(-c2c(C3CC3)c(C)cc3[nH]ncc23)c(F)c2nc(OC[C@@]34CCCN3C[C@H](F)C4)nc(N3CCOC[C@@](C)(O)C3)c12. The van der Waals surface area contributed by atoms with Gasteiger partial charge in [-0.25, -0.2) is 13.8 Å². The van der Waals surface area contributed by atoms with E-state index in [9.17, 15) is 9.50 Å². The molecule has 0 bridgehead atoms. The summed E-state index contributed by atoms with van der Waals surface area (Å²) in [4.78, 5) is 18.3. The van der Waals surface area contributed by atoms with Crippen molar-refractivity contribution in [1.29, 1.82) is 0 Å². The minimum absolute atomic E-state index is 0.00197. The van der Waals surface area contributed by atoms with Gasteiger partial charge in [0.2, 0.25) is 5.88 Å². The third-order valence-electron chi connectivity index (χ3n) is 10.1. The highest BCUT2D eigenvalue weighted by Gasteiger charge is 2.49. The molecule has 0 radical (unpaired) electrons. The maximum atomic E-state index is 17.2. The first-order valence-corrected chi connectivity index (χ1v) is 16.2. The van der Waals surface area contributed by atoms with Crippen molar-refractivity contribution < 1.29 is 28.1 Å². The number of aryl methyl sites for hydroxylation is 1. The van der Waals surface area contributed by atoms with E-state index in [1.54, 1.807) is 13.1 Å². The summed E-state index contributed by atoms with van der Waals surface area (Å²) in [6.45, 7) is 6.15. The molecule has 4 fully saturated rings. The first-order chi connectivity index (χ1) is 22.2. The number of methoxy groups -OCH3 is 1. The molecule has 6 heterocycles. The van der Waals surface area contributed by atoms with Crippen molar-refractivity contribution in [1.82, 2.24) is 30.0 Å². The van der Waals surface area contributed by atoms with Crippen molar-refractivity contribution in [3.05, 3.63) is 29.2 Å². The molecule has 46 heavy (non-hydrogen) atoms. The van der Waals surface area contributed by atoms with E-state index < -0.39 is 23.1 Å². The predicted molar refractivity (Wildman–Crippen MR) is 168 cm³/mol. The Morgan fingerprint density at radius 2 is 2.07 bits per heavy atom. The van der Waals surface area contributed by atoms with Crippen molar-refractivity contribution in [2.24, 2.45) is 0 Å². The first kappa shape index (κ1) is 29.7. The number of halogens is 2. The summed E-state index contributed by atoms with van der Waals surface area (Å²) >= 11 is 0. The van der Waals surface area contributed by atoms with Gasteiger partial charge >= 0.3 is 6.01 Å². The van der Waals surface area contributed by atoms with Gasteiger partial charge in [-0.1, -0.05) is 0 Å². The Morgan fingerprint density at radius 3 is 2.87 bits per heavy atom. The fourth-order valence-corrected chi connectivity index (χ4v) is 7.94. The molecule has 1 saturated carbocycles. The van der Waals surface area contributed by atoms with Gasteiger partial charge in [0.25, 0.3) is 0 Å². The van der Waals surface area contributed by atoms with Crippen LogP contribution < -0.4 is 14.4 Å². The lowest BCUT2D eigenvalue weighted by molar-refractivity contribution is -0.0123. The monoisotopic (exact) mass is 635 g/mol. The quantitative estimate of drug-likeness (QED) is 0.301. The molecule has 1 aliphatic carbocycles. The second-order valence-electron chi connectivity index (χ2n) is 13.8. The average molecular weight is 636 g/mol. The minimum atomic E-state index is -1.19. The predicted octanol–water partition coefficient (Wildman–Crippen LogP) is 4.44. The van der Waals surface area contributed by atoms with Crippen LogP contribution in [0.25, 0.3) is 33.1 Å². The molecule has 11 nitrogen and oxygen atoms in total. The number of aromatic amines is 1. The Labute approximate surface area is 265 Å². The summed E-state index contributed by atoms with van der Waals surface area (Å²) in [5, 5.41) is 19.4. The van der Waals surface area contributed by atoms with Crippen molar-refractivity contribution in [2.75, 3.05) is 58.0 Å². The summed E-state index contributed by atoms with van der Waals surface area (Å²) in [6, 6.07) is 2.03. The Kier molecular flexibility index (Phi) is 7.07. The van der Waals surface area contributed by atoms with Crippen molar-refractivity contribution in [3.8, 4) is 23.1 Å². The smallest absolute Gasteiger partial charge is 0.319 e. The maximum Gasteiger partial charge on any atom is 0.319 e. The molecule has 4 aromatic rings. The van der Waals surface area contributed by atoms with Crippen LogP contribution in [-0.4, -0.2) is 106 Å². The lowest BCUT2D eigenvalue weighted by Crippen LogP contribution is -2.44. The number of fused-ring (bicyclic) bond motifs is 3. The number of nitrogens with one attached hydrogen (secondary N) is 1. The molecule has 2 N–H and O–H groups in total. The number of β-amino-alcohol motifs (C(OH)–C–C–N with tert-alkyl or cyclic N) is 1. The zero-order chi connectivity index (χ0) is 31.8. The number of aromatic nitrogens is 5. The second kappa shape index (κ2) is 11.0. The maximum absolute atomic E-state index is 17.2. The minimum Gasteiger partial charge on any atom is -0.480 e. The molecule has 3 atom stereocenters. The Hall–Kier alpha value is -3.68. The molecule has 3 aromatic heterocycles. The van der Waals surface area contributed by atoms with Crippen molar-refractivity contribution >= 4 is 27.6 Å². The van der Waals surface area contributed by atoms with Crippen LogP contribution in [0.4, 0.5) is 14.6 Å². The molecule has 4 aliphatic rings. The summed E-state index contributed by atoms with van der Waals surface area (Å²) in [5.41, 5.74) is 2.06. The van der Waals surface area contributed by atoms with Crippen LogP contribution in [0.2, 0.25) is 0 Å². The number of rotatable bonds is 7. The van der Waals surface area contributed by atoms with Crippen LogP contribution in [0, 0.1) is 12.7 Å². The van der Waals surface area contributed by atoms with Gasteiger partial charge in [0.05, 0.1) is 44.1 Å². The number of ether oxygens (including phenoxy) is 3. The van der Waals surface area contributed by atoms with Gasteiger partial charge in [-0.15, -0.1) is 0 Å². The number of H-pyrrole nitrogens is 1. The van der Waals surface area contributed by atoms with E-state index >= 15 is 4.39 Å². The number of alkyl halides is 1. The number of benzene rings is 1. The molecule has 3 saturated heterocycles. The van der Waals surface area contributed by atoms with Gasteiger partial charge in [-0.05, 0) is 69.2 Å². The summed E-state index contributed by atoms with van der Waals surface area (Å²) in [6.07, 6.45) is 4.99. The molecule has 0 unspecified atom stereocenters. The van der Waals surface area contributed by atoms with Crippen molar-refractivity contribution in [3.63, 3.8) is 0 Å². The van der Waals surface area contributed by atoms with Gasteiger partial charge in [-0.2, -0.15) is 15.1 Å². The number of pyridine rings is 1. The molecular weight excluding hydrogens is 596 g/mol. The van der Waals surface area contributed by atoms with E-state index in [2.05, 4.69) is 20.1 Å². The fourth-order valence-electron chi connectivity index (χ4n) is 7.94. The van der Waals surface area contributed by atoms with E-state index in [1.807, 2.05) is 17.9 Å². The van der Waals surface area contributed by atoms with Gasteiger partial charge in [-0.3, -0.25) is 10.00 Å². The first-order valence-electron chi connectivity index (χ1n) is 16.2. The van der Waals surface area contributed by atoms with Crippen molar-refractivity contribution in [2.45, 2.75) is 69.2 Å². The highest BCUT2D eigenvalue weighted by atomic mass is 19.1. The van der Waals surface area contributed by atoms with E-state index in [4.69, 9.17) is 24.2 Å². The standard InChI is InChI=1S/C33H39F2N7O4/c1-18-11-22-21(13-36-40-22)24(23(18)19-5-6-19)27-26(35)28-25(30(37-27)44-3)29(41-9-10-45-16-32(2,43)15-41)39-31(38-28)46-17-33-7-4-8-42(33)14-20(34)12-33/h11,13,19-20,43H,4-10,12,14-17H2,1-3H3,(H,36,40)/t20-,32+,33+/m1/s1. The van der Waals surface area contributed by atoms with E-state index in [0.29, 0.717) is 43.4 Å². The topological polar surface area (TPSA) is 122 Å². The van der Waals surface area contributed by atoms with Crippen LogP contribution in [0.15, 0.2) is 12.3 Å². The average Bonchev–Trinajstić information content (AvgIpc) is 3.56. The molecule has 244 valence electrons. The van der Waals surface area contributed by atoms with Gasteiger partial charge < -0.3 is 24.2 Å². The number of aliphatic hydroxyl groups is 1. The number of hydrogen-bond acceptors (Lipinski definition) is 10. The lowest BCUT2D eigenvalue weighted by Gasteiger charge is -2.31. The van der Waals surface area contributed by atoms with Gasteiger partial charge in [0, 0.05) is 30.5 Å². The third-order valence-corrected chi connectivity index (χ3v) is 10.1. The summed E-state index contributed by atoms with van der Waals surface area (Å²) in [7, 11) is 1.49. The summed E-state index contributed by atoms with van der Waals surface area (Å²) in [5.74, 6) is 0.170. The molecule has 0 spiro atoms. The highest BCUT2D eigenvalue weighted by molar-refractivity contribution is 6.01. The molecule has 8 rings (SSSR count). The summed E-state index contributed by atoms with van der Waals surface area (Å²) < 4.78 is 49.6. The van der Waals surface area contributed by atoms with E-state index in [1.165, 1.54) is 7.11 Å². The van der Waals surface area contributed by atoms with Gasteiger partial charge in [0.1, 0.15) is 40.8 Å². The third kappa shape index (κ3) is 4.94. The Bertz CT molecular complexity index is 1830. The molecular formula is C33H39F2N7O4. The van der Waals surface area contributed by atoms with Gasteiger partial charge in [0.15, 0.2) is 5.82 Å². The van der Waals surface area contributed by atoms with E-state index in [0.717, 1.165) is 54.3 Å². The second-order valence-corrected chi connectivity index (χ2v) is 13.8. The van der Waals surface area contributed by atoms with E-state index in [-0.39, 0.29) is 48.2 Å². The highest BCUT2D eigenvalue weighted by Crippen LogP contribution is 2.50. The number of anilines is 1. The molecule has 3 aliphatic heterocycles. The zero-order valence-electron chi connectivity index (χ0n) is 26.4.